The lowest BCUT2D eigenvalue weighted by Gasteiger charge is -2.18. The van der Waals surface area contributed by atoms with Gasteiger partial charge >= 0.3 is 5.97 Å². The molecule has 1 aromatic carbocycles. The van der Waals surface area contributed by atoms with Crippen LogP contribution in [0.3, 0.4) is 0 Å². The summed E-state index contributed by atoms with van der Waals surface area (Å²) in [4.78, 5) is 10.9. The van der Waals surface area contributed by atoms with Crippen molar-refractivity contribution in [1.82, 2.24) is 0 Å². The smallest absolute Gasteiger partial charge is 0.309 e. The summed E-state index contributed by atoms with van der Waals surface area (Å²) < 4.78 is 10.6. The monoisotopic (exact) mass is 252 g/mol. The van der Waals surface area contributed by atoms with Gasteiger partial charge in [-0.1, -0.05) is 6.07 Å². The van der Waals surface area contributed by atoms with Crippen molar-refractivity contribution in [1.29, 1.82) is 0 Å². The molecule has 1 aromatic rings. The molecular formula is C14H20O4. The quantitative estimate of drug-likeness (QED) is 0.758. The minimum Gasteiger partial charge on any atom is -0.497 e. The number of ether oxygens (including phenoxy) is 2. The zero-order valence-corrected chi connectivity index (χ0v) is 11.1. The molecule has 0 fully saturated rings. The maximum atomic E-state index is 10.9. The van der Waals surface area contributed by atoms with Gasteiger partial charge in [-0.25, -0.2) is 0 Å². The van der Waals surface area contributed by atoms with Crippen molar-refractivity contribution in [2.24, 2.45) is 5.41 Å². The van der Waals surface area contributed by atoms with Crippen molar-refractivity contribution in [3.8, 4) is 11.5 Å². The summed E-state index contributed by atoms with van der Waals surface area (Å²) in [6.45, 7) is 3.95. The van der Waals surface area contributed by atoms with Crippen LogP contribution in [-0.2, 0) is 4.79 Å². The largest absolute Gasteiger partial charge is 0.497 e. The van der Waals surface area contributed by atoms with Gasteiger partial charge in [-0.15, -0.1) is 0 Å². The average Bonchev–Trinajstić information content (AvgIpc) is 2.35. The van der Waals surface area contributed by atoms with E-state index in [1.54, 1.807) is 21.0 Å². The molecule has 0 saturated carbocycles. The molecule has 0 unspecified atom stereocenters. The second-order valence-electron chi connectivity index (χ2n) is 4.82. The predicted octanol–water partition coefficient (Wildman–Crippen LogP) is 2.97. The third kappa shape index (κ3) is 4.28. The van der Waals surface area contributed by atoms with E-state index in [4.69, 9.17) is 14.6 Å². The Hall–Kier alpha value is -1.71. The predicted molar refractivity (Wildman–Crippen MR) is 69.1 cm³/mol. The fourth-order valence-corrected chi connectivity index (χ4v) is 1.50. The van der Waals surface area contributed by atoms with Gasteiger partial charge in [-0.2, -0.15) is 0 Å². The van der Waals surface area contributed by atoms with Gasteiger partial charge in [-0.3, -0.25) is 4.79 Å². The molecule has 0 amide bonds. The number of aliphatic carboxylic acids is 1. The number of methoxy groups -OCH3 is 1. The van der Waals surface area contributed by atoms with Gasteiger partial charge in [0.2, 0.25) is 0 Å². The van der Waals surface area contributed by atoms with Crippen LogP contribution >= 0.6 is 0 Å². The van der Waals surface area contributed by atoms with Crippen molar-refractivity contribution in [2.45, 2.75) is 26.7 Å². The summed E-state index contributed by atoms with van der Waals surface area (Å²) in [5.74, 6) is 0.713. The fraction of sp³-hybridized carbons (Fsp3) is 0.500. The van der Waals surface area contributed by atoms with E-state index in [2.05, 4.69) is 0 Å². The molecule has 4 nitrogen and oxygen atoms in total. The van der Waals surface area contributed by atoms with Crippen molar-refractivity contribution in [2.75, 3.05) is 13.7 Å². The number of hydrogen-bond acceptors (Lipinski definition) is 3. The molecule has 0 radical (unpaired) electrons. The Kier molecular flexibility index (Phi) is 5.01. The number of hydrogen-bond donors (Lipinski definition) is 1. The third-order valence-electron chi connectivity index (χ3n) is 2.84. The van der Waals surface area contributed by atoms with Gasteiger partial charge in [0.15, 0.2) is 0 Å². The Morgan fingerprint density at radius 1 is 1.33 bits per heavy atom. The topological polar surface area (TPSA) is 55.8 Å². The van der Waals surface area contributed by atoms with E-state index in [9.17, 15) is 4.79 Å². The first kappa shape index (κ1) is 14.4. The van der Waals surface area contributed by atoms with E-state index in [0.717, 1.165) is 11.5 Å². The number of carboxylic acids is 1. The van der Waals surface area contributed by atoms with Crippen LogP contribution in [0, 0.1) is 5.41 Å². The molecule has 0 atom stereocenters. The highest BCUT2D eigenvalue weighted by Gasteiger charge is 2.26. The van der Waals surface area contributed by atoms with Crippen molar-refractivity contribution >= 4 is 5.97 Å². The maximum absolute atomic E-state index is 10.9. The zero-order valence-electron chi connectivity index (χ0n) is 11.1. The number of carbonyl (C=O) groups is 1. The molecular weight excluding hydrogens is 232 g/mol. The Labute approximate surface area is 108 Å². The first-order valence-corrected chi connectivity index (χ1v) is 5.96. The van der Waals surface area contributed by atoms with Gasteiger partial charge < -0.3 is 14.6 Å². The van der Waals surface area contributed by atoms with Crippen molar-refractivity contribution in [3.05, 3.63) is 24.3 Å². The van der Waals surface area contributed by atoms with Crippen LogP contribution in [0.2, 0.25) is 0 Å². The van der Waals surface area contributed by atoms with Gasteiger partial charge in [0.1, 0.15) is 11.5 Å². The molecule has 0 aliphatic rings. The molecule has 18 heavy (non-hydrogen) atoms. The second-order valence-corrected chi connectivity index (χ2v) is 4.82. The first-order chi connectivity index (χ1) is 8.45. The highest BCUT2D eigenvalue weighted by molar-refractivity contribution is 5.73. The van der Waals surface area contributed by atoms with Crippen LogP contribution in [0.4, 0.5) is 0 Å². The van der Waals surface area contributed by atoms with Crippen LogP contribution in [-0.4, -0.2) is 24.8 Å². The molecule has 0 aliphatic heterocycles. The Balaban J connectivity index is 2.36. The summed E-state index contributed by atoms with van der Waals surface area (Å²) in [6.07, 6.45) is 1.29. The van der Waals surface area contributed by atoms with Gasteiger partial charge in [0, 0.05) is 6.07 Å². The molecule has 0 bridgehead atoms. The minimum atomic E-state index is -0.774. The van der Waals surface area contributed by atoms with Crippen LogP contribution in [0.5, 0.6) is 11.5 Å². The Bertz CT molecular complexity index is 399. The van der Waals surface area contributed by atoms with E-state index in [-0.39, 0.29) is 0 Å². The van der Waals surface area contributed by atoms with Crippen LogP contribution in [0.15, 0.2) is 24.3 Å². The summed E-state index contributed by atoms with van der Waals surface area (Å²) in [5.41, 5.74) is -0.697. The highest BCUT2D eigenvalue weighted by atomic mass is 16.5. The second kappa shape index (κ2) is 6.28. The fourth-order valence-electron chi connectivity index (χ4n) is 1.50. The summed E-state index contributed by atoms with van der Waals surface area (Å²) in [6, 6.07) is 7.36. The lowest BCUT2D eigenvalue weighted by atomic mass is 9.88. The molecule has 0 spiro atoms. The number of benzene rings is 1. The lowest BCUT2D eigenvalue weighted by molar-refractivity contribution is -0.147. The van der Waals surface area contributed by atoms with Crippen LogP contribution in [0.25, 0.3) is 0 Å². The molecule has 1 N–H and O–H groups in total. The SMILES string of the molecule is COc1cccc(OCCCC(C)(C)C(=O)O)c1. The Morgan fingerprint density at radius 2 is 2.00 bits per heavy atom. The molecule has 1 rings (SSSR count). The van der Waals surface area contributed by atoms with E-state index in [1.807, 2.05) is 24.3 Å². The number of carboxylic acid groups (broad SMARTS) is 1. The van der Waals surface area contributed by atoms with Gasteiger partial charge in [0.25, 0.3) is 0 Å². The molecule has 4 heteroatoms. The summed E-state index contributed by atoms with van der Waals surface area (Å²) >= 11 is 0. The molecule has 0 saturated heterocycles. The van der Waals surface area contributed by atoms with Gasteiger partial charge in [0.05, 0.1) is 19.1 Å². The molecule has 0 aromatic heterocycles. The standard InChI is InChI=1S/C14H20O4/c1-14(2,13(15)16)8-5-9-18-12-7-4-6-11(10-12)17-3/h4,6-7,10H,5,8-9H2,1-3H3,(H,15,16). The normalized spacial score (nSPS) is 11.1. The molecule has 0 aliphatic carbocycles. The van der Waals surface area contributed by atoms with E-state index in [0.29, 0.717) is 19.4 Å². The van der Waals surface area contributed by atoms with Crippen LogP contribution in [0.1, 0.15) is 26.7 Å². The highest BCUT2D eigenvalue weighted by Crippen LogP contribution is 2.23. The zero-order chi connectivity index (χ0) is 13.6. The van der Waals surface area contributed by atoms with Crippen molar-refractivity contribution in [3.63, 3.8) is 0 Å². The maximum Gasteiger partial charge on any atom is 0.309 e. The summed E-state index contributed by atoms with van der Waals surface area (Å²) in [7, 11) is 1.61. The van der Waals surface area contributed by atoms with Crippen LogP contribution < -0.4 is 9.47 Å². The van der Waals surface area contributed by atoms with E-state index in [1.165, 1.54) is 0 Å². The van der Waals surface area contributed by atoms with Gasteiger partial charge in [-0.05, 0) is 38.8 Å². The third-order valence-corrected chi connectivity index (χ3v) is 2.84. The summed E-state index contributed by atoms with van der Waals surface area (Å²) in [5, 5.41) is 8.97. The lowest BCUT2D eigenvalue weighted by Crippen LogP contribution is -2.24. The molecule has 100 valence electrons. The minimum absolute atomic E-state index is 0.504. The number of rotatable bonds is 7. The van der Waals surface area contributed by atoms with E-state index < -0.39 is 11.4 Å². The first-order valence-electron chi connectivity index (χ1n) is 5.96. The van der Waals surface area contributed by atoms with E-state index >= 15 is 0 Å². The van der Waals surface area contributed by atoms with Crippen molar-refractivity contribution < 1.29 is 19.4 Å². The average molecular weight is 252 g/mol. The molecule has 0 heterocycles. The Morgan fingerprint density at radius 3 is 2.61 bits per heavy atom.